The lowest BCUT2D eigenvalue weighted by Crippen LogP contribution is -2.32. The lowest BCUT2D eigenvalue weighted by Gasteiger charge is -2.20. The van der Waals surface area contributed by atoms with Crippen LogP contribution in [-0.4, -0.2) is 26.6 Å². The zero-order valence-corrected chi connectivity index (χ0v) is 13.0. The summed E-state index contributed by atoms with van der Waals surface area (Å²) in [4.78, 5) is 14.6. The van der Waals surface area contributed by atoms with Gasteiger partial charge < -0.3 is 9.32 Å². The van der Waals surface area contributed by atoms with E-state index < -0.39 is 0 Å². The van der Waals surface area contributed by atoms with Crippen molar-refractivity contribution in [3.63, 3.8) is 0 Å². The van der Waals surface area contributed by atoms with E-state index in [9.17, 15) is 4.79 Å². The van der Waals surface area contributed by atoms with Crippen LogP contribution in [0.4, 0.5) is 0 Å². The van der Waals surface area contributed by atoms with E-state index in [-0.39, 0.29) is 5.91 Å². The van der Waals surface area contributed by atoms with E-state index in [0.717, 1.165) is 30.3 Å². The summed E-state index contributed by atoms with van der Waals surface area (Å²) in [7, 11) is 1.83. The van der Waals surface area contributed by atoms with Gasteiger partial charge in [0, 0.05) is 25.2 Å². The van der Waals surface area contributed by atoms with Gasteiger partial charge >= 0.3 is 0 Å². The number of carbonyl (C=O) groups is 1. The third kappa shape index (κ3) is 2.56. The van der Waals surface area contributed by atoms with Gasteiger partial charge in [0.25, 0.3) is 5.91 Å². The topological polar surface area (TPSA) is 51.3 Å². The molecule has 4 rings (SSSR count). The largest absolute Gasteiger partial charge is 0.464 e. The second kappa shape index (κ2) is 5.00. The van der Waals surface area contributed by atoms with E-state index >= 15 is 0 Å². The summed E-state index contributed by atoms with van der Waals surface area (Å²) in [6.45, 7) is 2.80. The fourth-order valence-corrected chi connectivity index (χ4v) is 3.02. The average molecular weight is 299 g/mol. The zero-order chi connectivity index (χ0) is 15.3. The lowest BCUT2D eigenvalue weighted by atomic mass is 10.2. The predicted molar refractivity (Wildman–Crippen MR) is 81.3 cm³/mol. The smallest absolute Gasteiger partial charge is 0.257 e. The van der Waals surface area contributed by atoms with Crippen LogP contribution in [0.1, 0.15) is 54.0 Å². The highest BCUT2D eigenvalue weighted by atomic mass is 16.3. The third-order valence-electron chi connectivity index (χ3n) is 4.68. The summed E-state index contributed by atoms with van der Waals surface area (Å²) in [6, 6.07) is 4.44. The quantitative estimate of drug-likeness (QED) is 0.853. The Balaban J connectivity index is 1.50. The minimum atomic E-state index is 0.0494. The van der Waals surface area contributed by atoms with Gasteiger partial charge in [-0.25, -0.2) is 0 Å². The maximum atomic E-state index is 12.7. The van der Waals surface area contributed by atoms with E-state index in [1.165, 1.54) is 6.42 Å². The summed E-state index contributed by atoms with van der Waals surface area (Å²) < 4.78 is 7.63. The third-order valence-corrected chi connectivity index (χ3v) is 4.68. The Morgan fingerprint density at radius 2 is 2.23 bits per heavy atom. The van der Waals surface area contributed by atoms with Crippen LogP contribution in [0.2, 0.25) is 0 Å². The molecule has 0 spiro atoms. The standard InChI is InChI=1S/C17H21N3O2/c1-11-7-15(11)16-6-5-14(22-16)10-20(13-3-4-13)17(21)12-8-18-19(2)9-12/h5-6,8-9,11,13,15H,3-4,7,10H2,1-2H3/t11-,15+/m1/s1. The van der Waals surface area contributed by atoms with Crippen LogP contribution in [0.5, 0.6) is 0 Å². The van der Waals surface area contributed by atoms with Crippen molar-refractivity contribution in [3.8, 4) is 0 Å². The van der Waals surface area contributed by atoms with Gasteiger partial charge in [0.2, 0.25) is 0 Å². The summed E-state index contributed by atoms with van der Waals surface area (Å²) in [5, 5.41) is 4.10. The molecule has 5 heteroatoms. The van der Waals surface area contributed by atoms with Gasteiger partial charge in [-0.2, -0.15) is 5.10 Å². The Morgan fingerprint density at radius 3 is 2.82 bits per heavy atom. The molecule has 2 aromatic rings. The van der Waals surface area contributed by atoms with Crippen molar-refractivity contribution in [3.05, 3.63) is 41.6 Å². The molecule has 2 atom stereocenters. The molecule has 2 saturated carbocycles. The van der Waals surface area contributed by atoms with Crippen LogP contribution >= 0.6 is 0 Å². The molecule has 2 aromatic heterocycles. The highest BCUT2D eigenvalue weighted by Crippen LogP contribution is 2.47. The molecule has 2 heterocycles. The van der Waals surface area contributed by atoms with Gasteiger partial charge in [-0.15, -0.1) is 0 Å². The number of amides is 1. The second-order valence-corrected chi connectivity index (χ2v) is 6.69. The number of aryl methyl sites for hydroxylation is 1. The molecule has 0 saturated heterocycles. The van der Waals surface area contributed by atoms with Gasteiger partial charge in [-0.1, -0.05) is 6.92 Å². The number of carbonyl (C=O) groups excluding carboxylic acids is 1. The van der Waals surface area contributed by atoms with E-state index in [4.69, 9.17) is 4.42 Å². The average Bonchev–Trinajstić information content (AvgIpc) is 3.37. The lowest BCUT2D eigenvalue weighted by molar-refractivity contribution is 0.0716. The molecule has 0 N–H and O–H groups in total. The molecular weight excluding hydrogens is 278 g/mol. The minimum absolute atomic E-state index is 0.0494. The summed E-state index contributed by atoms with van der Waals surface area (Å²) in [5.41, 5.74) is 0.650. The normalized spacial score (nSPS) is 23.5. The first kappa shape index (κ1) is 13.6. The second-order valence-electron chi connectivity index (χ2n) is 6.69. The van der Waals surface area contributed by atoms with Crippen molar-refractivity contribution in [2.24, 2.45) is 13.0 Å². The Hall–Kier alpha value is -2.04. The molecule has 0 unspecified atom stereocenters. The van der Waals surface area contributed by atoms with Crippen LogP contribution in [-0.2, 0) is 13.6 Å². The number of hydrogen-bond acceptors (Lipinski definition) is 3. The highest BCUT2D eigenvalue weighted by molar-refractivity contribution is 5.94. The Kier molecular flexibility index (Phi) is 3.10. The van der Waals surface area contributed by atoms with Crippen LogP contribution in [0.3, 0.4) is 0 Å². The van der Waals surface area contributed by atoms with Crippen LogP contribution in [0, 0.1) is 5.92 Å². The van der Waals surface area contributed by atoms with E-state index in [1.807, 2.05) is 18.0 Å². The molecule has 0 bridgehead atoms. The molecule has 2 fully saturated rings. The predicted octanol–water partition coefficient (Wildman–Crippen LogP) is 2.94. The molecule has 0 aromatic carbocycles. The van der Waals surface area contributed by atoms with Gasteiger partial charge in [-0.3, -0.25) is 9.48 Å². The number of hydrogen-bond donors (Lipinski definition) is 0. The fourth-order valence-electron chi connectivity index (χ4n) is 3.02. The fraction of sp³-hybridized carbons (Fsp3) is 0.529. The molecule has 116 valence electrons. The van der Waals surface area contributed by atoms with E-state index in [2.05, 4.69) is 18.1 Å². The van der Waals surface area contributed by atoms with Crippen molar-refractivity contribution >= 4 is 5.91 Å². The molecule has 0 aliphatic heterocycles. The van der Waals surface area contributed by atoms with Crippen LogP contribution in [0.15, 0.2) is 28.9 Å². The molecule has 1 amide bonds. The number of nitrogens with zero attached hydrogens (tertiary/aromatic N) is 3. The van der Waals surface area contributed by atoms with Crippen molar-refractivity contribution in [1.29, 1.82) is 0 Å². The molecular formula is C17H21N3O2. The van der Waals surface area contributed by atoms with Crippen molar-refractivity contribution < 1.29 is 9.21 Å². The van der Waals surface area contributed by atoms with E-state index in [0.29, 0.717) is 24.1 Å². The number of rotatable bonds is 5. The molecule has 2 aliphatic carbocycles. The first-order valence-electron chi connectivity index (χ1n) is 8.00. The molecule has 5 nitrogen and oxygen atoms in total. The van der Waals surface area contributed by atoms with Crippen molar-refractivity contribution in [2.45, 2.75) is 44.7 Å². The first-order chi connectivity index (χ1) is 10.6. The SMILES string of the molecule is C[C@@H]1C[C@@H]1c1ccc(CN(C(=O)c2cnn(C)c2)C2CC2)o1. The number of furan rings is 1. The summed E-state index contributed by atoms with van der Waals surface area (Å²) in [6.07, 6.45) is 6.79. The molecule has 22 heavy (non-hydrogen) atoms. The zero-order valence-electron chi connectivity index (χ0n) is 13.0. The Labute approximate surface area is 129 Å². The van der Waals surface area contributed by atoms with Crippen molar-refractivity contribution in [1.82, 2.24) is 14.7 Å². The first-order valence-corrected chi connectivity index (χ1v) is 8.00. The van der Waals surface area contributed by atoms with Gasteiger partial charge in [-0.05, 0) is 37.3 Å². The molecule has 0 radical (unpaired) electrons. The maximum absolute atomic E-state index is 12.7. The van der Waals surface area contributed by atoms with E-state index in [1.54, 1.807) is 17.1 Å². The highest BCUT2D eigenvalue weighted by Gasteiger charge is 2.37. The van der Waals surface area contributed by atoms with Gasteiger partial charge in [0.15, 0.2) is 0 Å². The monoisotopic (exact) mass is 299 g/mol. The van der Waals surface area contributed by atoms with Crippen molar-refractivity contribution in [2.75, 3.05) is 0 Å². The summed E-state index contributed by atoms with van der Waals surface area (Å²) >= 11 is 0. The van der Waals surface area contributed by atoms with Gasteiger partial charge in [0.1, 0.15) is 11.5 Å². The Morgan fingerprint density at radius 1 is 1.45 bits per heavy atom. The van der Waals surface area contributed by atoms with Crippen LogP contribution in [0.25, 0.3) is 0 Å². The molecule has 2 aliphatic rings. The Bertz CT molecular complexity index is 698. The summed E-state index contributed by atoms with van der Waals surface area (Å²) in [5.74, 6) is 3.33. The number of aromatic nitrogens is 2. The maximum Gasteiger partial charge on any atom is 0.257 e. The van der Waals surface area contributed by atoms with Gasteiger partial charge in [0.05, 0.1) is 18.3 Å². The van der Waals surface area contributed by atoms with Crippen LogP contribution < -0.4 is 0 Å². The minimum Gasteiger partial charge on any atom is -0.464 e.